The van der Waals surface area contributed by atoms with Crippen molar-refractivity contribution in [1.82, 2.24) is 10.0 Å². The summed E-state index contributed by atoms with van der Waals surface area (Å²) < 4.78 is 25.0. The Morgan fingerprint density at radius 1 is 1.33 bits per heavy atom. The average Bonchev–Trinajstić information content (AvgIpc) is 2.29. The molecular formula is C9H9N5O3S. The van der Waals surface area contributed by atoms with E-state index < -0.39 is 22.0 Å². The van der Waals surface area contributed by atoms with E-state index >= 15 is 0 Å². The summed E-state index contributed by atoms with van der Waals surface area (Å²) in [5.74, 6) is -0.502. The number of rotatable bonds is 2. The zero-order chi connectivity index (χ0) is 13.6. The summed E-state index contributed by atoms with van der Waals surface area (Å²) in [4.78, 5) is 14.2. The average molecular weight is 267 g/mol. The van der Waals surface area contributed by atoms with Crippen LogP contribution in [0.5, 0.6) is 0 Å². The van der Waals surface area contributed by atoms with E-state index in [2.05, 4.69) is 4.99 Å². The van der Waals surface area contributed by atoms with Gasteiger partial charge in [-0.15, -0.1) is 4.99 Å². The number of carbonyl (C=O) groups excluding carboxylic acids is 1. The van der Waals surface area contributed by atoms with Crippen molar-refractivity contribution in [3.05, 3.63) is 30.3 Å². The van der Waals surface area contributed by atoms with Crippen molar-refractivity contribution in [2.45, 2.75) is 4.90 Å². The van der Waals surface area contributed by atoms with Crippen molar-refractivity contribution < 1.29 is 13.2 Å². The molecule has 0 saturated carbocycles. The van der Waals surface area contributed by atoms with Gasteiger partial charge >= 0.3 is 6.03 Å². The molecule has 94 valence electrons. The SMILES string of the molecule is N#CN=C(N)NC(=O)NS(=O)(=O)c1ccccc1. The maximum Gasteiger partial charge on any atom is 0.335 e. The molecule has 0 aliphatic carbocycles. The Balaban J connectivity index is 2.77. The zero-order valence-electron chi connectivity index (χ0n) is 8.99. The van der Waals surface area contributed by atoms with Gasteiger partial charge in [-0.05, 0) is 12.1 Å². The van der Waals surface area contributed by atoms with E-state index in [1.54, 1.807) is 10.8 Å². The number of guanidine groups is 1. The summed E-state index contributed by atoms with van der Waals surface area (Å²) in [6, 6.07) is 6.20. The second-order valence-corrected chi connectivity index (χ2v) is 4.65. The quantitative estimate of drug-likeness (QED) is 0.375. The molecule has 1 aromatic carbocycles. The molecule has 0 aromatic heterocycles. The topological polar surface area (TPSA) is 137 Å². The molecule has 0 spiro atoms. The molecule has 1 rings (SSSR count). The van der Waals surface area contributed by atoms with Gasteiger partial charge in [-0.3, -0.25) is 5.32 Å². The van der Waals surface area contributed by atoms with Crippen LogP contribution in [0.1, 0.15) is 0 Å². The summed E-state index contributed by atoms with van der Waals surface area (Å²) in [6.45, 7) is 0. The Morgan fingerprint density at radius 2 is 1.94 bits per heavy atom. The van der Waals surface area contributed by atoms with E-state index in [-0.39, 0.29) is 4.90 Å². The third-order valence-electron chi connectivity index (χ3n) is 1.69. The van der Waals surface area contributed by atoms with Crippen LogP contribution >= 0.6 is 0 Å². The first-order valence-electron chi connectivity index (χ1n) is 4.57. The monoisotopic (exact) mass is 267 g/mol. The molecule has 0 aliphatic rings. The highest BCUT2D eigenvalue weighted by molar-refractivity contribution is 7.90. The van der Waals surface area contributed by atoms with Gasteiger partial charge in [0.15, 0.2) is 0 Å². The Hall–Kier alpha value is -2.60. The molecule has 0 atom stereocenters. The molecule has 8 nitrogen and oxygen atoms in total. The second-order valence-electron chi connectivity index (χ2n) is 2.97. The highest BCUT2D eigenvalue weighted by atomic mass is 32.2. The molecule has 0 bridgehead atoms. The van der Waals surface area contributed by atoms with Crippen LogP contribution in [-0.2, 0) is 10.0 Å². The molecule has 0 heterocycles. The highest BCUT2D eigenvalue weighted by Crippen LogP contribution is 2.06. The van der Waals surface area contributed by atoms with Crippen molar-refractivity contribution in [3.8, 4) is 6.19 Å². The van der Waals surface area contributed by atoms with Crippen LogP contribution in [0.3, 0.4) is 0 Å². The Morgan fingerprint density at radius 3 is 2.50 bits per heavy atom. The number of nitrogens with two attached hydrogens (primary N) is 1. The maximum atomic E-state index is 11.7. The van der Waals surface area contributed by atoms with Crippen LogP contribution < -0.4 is 15.8 Å². The second kappa shape index (κ2) is 5.65. The van der Waals surface area contributed by atoms with Crippen LogP contribution in [0.15, 0.2) is 40.2 Å². The van der Waals surface area contributed by atoms with E-state index in [0.29, 0.717) is 0 Å². The fraction of sp³-hybridized carbons (Fsp3) is 0. The van der Waals surface area contributed by atoms with Crippen LogP contribution in [0.2, 0.25) is 0 Å². The lowest BCUT2D eigenvalue weighted by Gasteiger charge is -2.07. The van der Waals surface area contributed by atoms with Crippen LogP contribution in [0, 0.1) is 11.5 Å². The molecule has 2 amide bonds. The van der Waals surface area contributed by atoms with E-state index in [9.17, 15) is 13.2 Å². The van der Waals surface area contributed by atoms with Gasteiger partial charge in [0, 0.05) is 0 Å². The van der Waals surface area contributed by atoms with Crippen molar-refractivity contribution in [1.29, 1.82) is 5.26 Å². The predicted octanol–water partition coefficient (Wildman–Crippen LogP) is -0.530. The molecule has 9 heteroatoms. The Bertz CT molecular complexity index is 603. The number of hydrogen-bond acceptors (Lipinski definition) is 5. The molecular weight excluding hydrogens is 258 g/mol. The lowest BCUT2D eigenvalue weighted by molar-refractivity contribution is 0.250. The summed E-state index contributed by atoms with van der Waals surface area (Å²) in [5.41, 5.74) is 5.10. The number of sulfonamides is 1. The van der Waals surface area contributed by atoms with Crippen molar-refractivity contribution >= 4 is 22.0 Å². The normalized spacial score (nSPS) is 11.4. The number of nitrogens with one attached hydrogen (secondary N) is 2. The molecule has 18 heavy (non-hydrogen) atoms. The lowest BCUT2D eigenvalue weighted by atomic mass is 10.4. The first-order valence-corrected chi connectivity index (χ1v) is 6.05. The summed E-state index contributed by atoms with van der Waals surface area (Å²) in [5, 5.41) is 10.0. The number of carbonyl (C=O) groups is 1. The van der Waals surface area contributed by atoms with Gasteiger partial charge in [0.2, 0.25) is 12.2 Å². The minimum Gasteiger partial charge on any atom is -0.369 e. The number of hydrogen-bond donors (Lipinski definition) is 3. The number of nitrogens with zero attached hydrogens (tertiary/aromatic N) is 2. The fourth-order valence-electron chi connectivity index (χ4n) is 1.00. The zero-order valence-corrected chi connectivity index (χ0v) is 9.81. The van der Waals surface area contributed by atoms with E-state index in [1.807, 2.05) is 5.32 Å². The first kappa shape index (κ1) is 13.5. The molecule has 0 radical (unpaired) electrons. The minimum atomic E-state index is -3.98. The van der Waals surface area contributed by atoms with Gasteiger partial charge in [-0.25, -0.2) is 17.9 Å². The molecule has 4 N–H and O–H groups in total. The predicted molar refractivity (Wildman–Crippen MR) is 62.5 cm³/mol. The molecule has 0 unspecified atom stereocenters. The molecule has 1 aromatic rings. The molecule has 0 fully saturated rings. The summed E-state index contributed by atoms with van der Waals surface area (Å²) in [7, 11) is -3.98. The van der Waals surface area contributed by atoms with E-state index in [1.165, 1.54) is 30.5 Å². The fourth-order valence-corrected chi connectivity index (χ4v) is 1.93. The number of nitriles is 1. The van der Waals surface area contributed by atoms with Gasteiger partial charge in [-0.1, -0.05) is 18.2 Å². The number of urea groups is 1. The van der Waals surface area contributed by atoms with Crippen molar-refractivity contribution in [3.63, 3.8) is 0 Å². The Kier molecular flexibility index (Phi) is 4.22. The molecule has 0 aliphatic heterocycles. The smallest absolute Gasteiger partial charge is 0.335 e. The number of benzene rings is 1. The maximum absolute atomic E-state index is 11.7. The van der Waals surface area contributed by atoms with Gasteiger partial charge in [-0.2, -0.15) is 5.26 Å². The van der Waals surface area contributed by atoms with Crippen LogP contribution in [0.25, 0.3) is 0 Å². The summed E-state index contributed by atoms with van der Waals surface area (Å²) in [6.07, 6.45) is 1.34. The van der Waals surface area contributed by atoms with E-state index in [0.717, 1.165) is 0 Å². The van der Waals surface area contributed by atoms with Gasteiger partial charge in [0.05, 0.1) is 4.90 Å². The van der Waals surface area contributed by atoms with Gasteiger partial charge < -0.3 is 5.73 Å². The van der Waals surface area contributed by atoms with Gasteiger partial charge in [0.1, 0.15) is 0 Å². The largest absolute Gasteiger partial charge is 0.369 e. The van der Waals surface area contributed by atoms with Crippen LogP contribution in [0.4, 0.5) is 4.79 Å². The Labute approximate surface area is 103 Å². The van der Waals surface area contributed by atoms with Crippen molar-refractivity contribution in [2.24, 2.45) is 10.7 Å². The van der Waals surface area contributed by atoms with Crippen LogP contribution in [-0.4, -0.2) is 20.4 Å². The third kappa shape index (κ3) is 3.76. The standard InChI is InChI=1S/C9H9N5O3S/c10-6-12-8(11)13-9(15)14-18(16,17)7-4-2-1-3-5-7/h1-5H,(H4,11,12,13,14,15). The third-order valence-corrected chi connectivity index (χ3v) is 3.04. The lowest BCUT2D eigenvalue weighted by Crippen LogP contribution is -2.45. The van der Waals surface area contributed by atoms with E-state index in [4.69, 9.17) is 11.0 Å². The summed E-state index contributed by atoms with van der Waals surface area (Å²) >= 11 is 0. The first-order chi connectivity index (χ1) is 8.45. The molecule has 0 saturated heterocycles. The van der Waals surface area contributed by atoms with Crippen molar-refractivity contribution in [2.75, 3.05) is 0 Å². The highest BCUT2D eigenvalue weighted by Gasteiger charge is 2.17. The minimum absolute atomic E-state index is 0.0732. The van der Waals surface area contributed by atoms with Gasteiger partial charge in [0.25, 0.3) is 10.0 Å². The number of aliphatic imine (C=N–C) groups is 1. The number of amides is 2.